The molecule has 1 nitrogen and oxygen atoms in total. The van der Waals surface area contributed by atoms with Gasteiger partial charge in [0.05, 0.1) is 0 Å². The van der Waals surface area contributed by atoms with E-state index in [4.69, 9.17) is 0 Å². The summed E-state index contributed by atoms with van der Waals surface area (Å²) in [4.78, 5) is 0. The van der Waals surface area contributed by atoms with Crippen molar-refractivity contribution >= 4 is 0 Å². The third kappa shape index (κ3) is 3.96. The summed E-state index contributed by atoms with van der Waals surface area (Å²) in [6.45, 7) is 10.4. The molecular weight excluding hydrogens is 122 g/mol. The molecule has 1 heteroatoms. The minimum Gasteiger partial charge on any atom is -0.385 e. The van der Waals surface area contributed by atoms with Gasteiger partial charge in [-0.3, -0.25) is 0 Å². The largest absolute Gasteiger partial charge is 0.385 e. The molecule has 0 saturated heterocycles. The van der Waals surface area contributed by atoms with E-state index >= 15 is 0 Å². The second-order valence-electron chi connectivity index (χ2n) is 1.99. The fourth-order valence-corrected chi connectivity index (χ4v) is 0.595. The van der Waals surface area contributed by atoms with E-state index in [2.05, 4.69) is 25.4 Å². The molecule has 0 fully saturated rings. The Bertz CT molecular complexity index is 134. The molecule has 0 aliphatic carbocycles. The van der Waals surface area contributed by atoms with Gasteiger partial charge in [0.25, 0.3) is 0 Å². The Labute approximate surface area is 63.1 Å². The van der Waals surface area contributed by atoms with Gasteiger partial charge in [-0.15, -0.1) is 0 Å². The third-order valence-electron chi connectivity index (χ3n) is 1.10. The first-order valence-electron chi connectivity index (χ1n) is 3.54. The van der Waals surface area contributed by atoms with E-state index in [1.165, 1.54) is 0 Å². The van der Waals surface area contributed by atoms with Crippen LogP contribution in [0.3, 0.4) is 0 Å². The minimum absolute atomic E-state index is 0.992. The lowest BCUT2D eigenvalue weighted by Crippen LogP contribution is -2.11. The molecule has 0 rings (SSSR count). The van der Waals surface area contributed by atoms with Gasteiger partial charge in [0, 0.05) is 12.2 Å². The summed E-state index contributed by atoms with van der Waals surface area (Å²) in [6.07, 6.45) is 6.57. The van der Waals surface area contributed by atoms with Crippen LogP contribution >= 0.6 is 0 Å². The maximum absolute atomic E-state index is 3.65. The minimum atomic E-state index is 0.992. The first-order valence-corrected chi connectivity index (χ1v) is 3.54. The SMILES string of the molecule is C=C/C=C(\C=C)NCCC. The average molecular weight is 137 g/mol. The highest BCUT2D eigenvalue weighted by Crippen LogP contribution is 1.89. The van der Waals surface area contributed by atoms with Crippen molar-refractivity contribution in [1.82, 2.24) is 5.32 Å². The van der Waals surface area contributed by atoms with Crippen LogP contribution in [0.5, 0.6) is 0 Å². The Kier molecular flexibility index (Phi) is 5.54. The van der Waals surface area contributed by atoms with Gasteiger partial charge < -0.3 is 5.32 Å². The summed E-state index contributed by atoms with van der Waals surface area (Å²) >= 11 is 0. The van der Waals surface area contributed by atoms with Crippen molar-refractivity contribution in [2.45, 2.75) is 13.3 Å². The first-order chi connectivity index (χ1) is 4.85. The van der Waals surface area contributed by atoms with Gasteiger partial charge in [0.15, 0.2) is 0 Å². The fourth-order valence-electron chi connectivity index (χ4n) is 0.595. The van der Waals surface area contributed by atoms with Crippen LogP contribution in [0.25, 0.3) is 0 Å². The summed E-state index contributed by atoms with van der Waals surface area (Å²) < 4.78 is 0. The van der Waals surface area contributed by atoms with Crippen LogP contribution in [0.15, 0.2) is 37.1 Å². The average Bonchev–Trinajstić information content (AvgIpc) is 1.98. The molecule has 0 amide bonds. The Balaban J connectivity index is 3.70. The highest BCUT2D eigenvalue weighted by atomic mass is 14.9. The maximum Gasteiger partial charge on any atom is 0.0333 e. The quantitative estimate of drug-likeness (QED) is 0.573. The fraction of sp³-hybridized carbons (Fsp3) is 0.333. The van der Waals surface area contributed by atoms with Crippen molar-refractivity contribution in [3.63, 3.8) is 0 Å². The molecule has 0 atom stereocenters. The Morgan fingerprint density at radius 3 is 2.60 bits per heavy atom. The lowest BCUT2D eigenvalue weighted by molar-refractivity contribution is 0.785. The maximum atomic E-state index is 3.65. The standard InChI is InChI=1S/C9H15N/c1-4-7-9(6-3)10-8-5-2/h4,6-7,10H,1,3,5,8H2,2H3/b9-7+. The van der Waals surface area contributed by atoms with Gasteiger partial charge in [0.1, 0.15) is 0 Å². The molecule has 0 heterocycles. The summed E-state index contributed by atoms with van der Waals surface area (Å²) in [5.74, 6) is 0. The Hall–Kier alpha value is -0.980. The van der Waals surface area contributed by atoms with Crippen molar-refractivity contribution in [3.8, 4) is 0 Å². The molecule has 10 heavy (non-hydrogen) atoms. The lowest BCUT2D eigenvalue weighted by atomic mass is 10.3. The zero-order chi connectivity index (χ0) is 7.82. The van der Waals surface area contributed by atoms with E-state index < -0.39 is 0 Å². The van der Waals surface area contributed by atoms with E-state index in [-0.39, 0.29) is 0 Å². The summed E-state index contributed by atoms with van der Waals surface area (Å²) in [6, 6.07) is 0. The zero-order valence-electron chi connectivity index (χ0n) is 6.56. The number of hydrogen-bond donors (Lipinski definition) is 1. The highest BCUT2D eigenvalue weighted by molar-refractivity contribution is 5.18. The lowest BCUT2D eigenvalue weighted by Gasteiger charge is -2.02. The van der Waals surface area contributed by atoms with Crippen molar-refractivity contribution in [1.29, 1.82) is 0 Å². The molecular formula is C9H15N. The Morgan fingerprint density at radius 1 is 1.50 bits per heavy atom. The number of allylic oxidation sites excluding steroid dienone is 3. The summed E-state index contributed by atoms with van der Waals surface area (Å²) in [5, 5.41) is 3.19. The zero-order valence-corrected chi connectivity index (χ0v) is 6.56. The summed E-state index contributed by atoms with van der Waals surface area (Å²) in [5.41, 5.74) is 1.04. The molecule has 0 spiro atoms. The predicted molar refractivity (Wildman–Crippen MR) is 46.8 cm³/mol. The predicted octanol–water partition coefficient (Wildman–Crippen LogP) is 2.24. The van der Waals surface area contributed by atoms with Crippen LogP contribution < -0.4 is 5.32 Å². The molecule has 0 aromatic carbocycles. The van der Waals surface area contributed by atoms with E-state index in [1.807, 2.05) is 6.08 Å². The van der Waals surface area contributed by atoms with Crippen LogP contribution in [-0.4, -0.2) is 6.54 Å². The number of nitrogens with one attached hydrogen (secondary N) is 1. The first kappa shape index (κ1) is 9.02. The van der Waals surface area contributed by atoms with E-state index in [9.17, 15) is 0 Å². The molecule has 0 aliphatic rings. The molecule has 0 unspecified atom stereocenters. The normalized spacial score (nSPS) is 10.7. The van der Waals surface area contributed by atoms with Gasteiger partial charge in [-0.05, 0) is 18.6 Å². The molecule has 56 valence electrons. The van der Waals surface area contributed by atoms with E-state index in [1.54, 1.807) is 12.2 Å². The van der Waals surface area contributed by atoms with Crippen molar-refractivity contribution in [3.05, 3.63) is 37.1 Å². The smallest absolute Gasteiger partial charge is 0.0333 e. The van der Waals surface area contributed by atoms with E-state index in [0.29, 0.717) is 0 Å². The van der Waals surface area contributed by atoms with Gasteiger partial charge >= 0.3 is 0 Å². The van der Waals surface area contributed by atoms with Gasteiger partial charge in [0.2, 0.25) is 0 Å². The second kappa shape index (κ2) is 6.14. The topological polar surface area (TPSA) is 12.0 Å². The third-order valence-corrected chi connectivity index (χ3v) is 1.10. The van der Waals surface area contributed by atoms with Crippen LogP contribution in [0, 0.1) is 0 Å². The monoisotopic (exact) mass is 137 g/mol. The van der Waals surface area contributed by atoms with Crippen LogP contribution in [-0.2, 0) is 0 Å². The molecule has 0 aromatic heterocycles. The molecule has 0 bridgehead atoms. The van der Waals surface area contributed by atoms with Gasteiger partial charge in [-0.25, -0.2) is 0 Å². The molecule has 0 radical (unpaired) electrons. The van der Waals surface area contributed by atoms with Crippen molar-refractivity contribution in [2.75, 3.05) is 6.54 Å². The molecule has 0 aromatic rings. The van der Waals surface area contributed by atoms with Crippen LogP contribution in [0.4, 0.5) is 0 Å². The van der Waals surface area contributed by atoms with Gasteiger partial charge in [-0.2, -0.15) is 0 Å². The van der Waals surface area contributed by atoms with Crippen molar-refractivity contribution < 1.29 is 0 Å². The van der Waals surface area contributed by atoms with E-state index in [0.717, 1.165) is 18.7 Å². The second-order valence-corrected chi connectivity index (χ2v) is 1.99. The van der Waals surface area contributed by atoms with Crippen molar-refractivity contribution in [2.24, 2.45) is 0 Å². The van der Waals surface area contributed by atoms with Crippen LogP contribution in [0.1, 0.15) is 13.3 Å². The molecule has 1 N–H and O–H groups in total. The van der Waals surface area contributed by atoms with Gasteiger partial charge in [-0.1, -0.05) is 26.2 Å². The Morgan fingerprint density at radius 2 is 2.20 bits per heavy atom. The van der Waals surface area contributed by atoms with Crippen LogP contribution in [0.2, 0.25) is 0 Å². The number of rotatable bonds is 5. The molecule has 0 aliphatic heterocycles. The summed E-state index contributed by atoms with van der Waals surface area (Å²) in [7, 11) is 0. The highest BCUT2D eigenvalue weighted by Gasteiger charge is 1.84. The molecule has 0 saturated carbocycles. The number of hydrogen-bond acceptors (Lipinski definition) is 1.